The lowest BCUT2D eigenvalue weighted by atomic mass is 9.92. The Morgan fingerprint density at radius 3 is 2.46 bits per heavy atom. The molecule has 2 atom stereocenters. The molecule has 5 nitrogen and oxygen atoms in total. The number of benzene rings is 3. The zero-order chi connectivity index (χ0) is 24.8. The number of aliphatic carboxylic acids is 1. The van der Waals surface area contributed by atoms with Crippen molar-refractivity contribution in [3.8, 4) is 5.75 Å². The highest BCUT2D eigenvalue weighted by Gasteiger charge is 2.27. The fraction of sp³-hybridized carbons (Fsp3) is 0.367. The average Bonchev–Trinajstić information content (AvgIpc) is 3.01. The van der Waals surface area contributed by atoms with E-state index in [4.69, 9.17) is 9.47 Å². The molecule has 0 bridgehead atoms. The van der Waals surface area contributed by atoms with E-state index in [2.05, 4.69) is 61.3 Å². The molecule has 0 heterocycles. The highest BCUT2D eigenvalue weighted by Crippen LogP contribution is 2.36. The summed E-state index contributed by atoms with van der Waals surface area (Å²) in [6.07, 6.45) is 1.64. The van der Waals surface area contributed by atoms with Gasteiger partial charge in [0.1, 0.15) is 12.4 Å². The molecule has 0 aromatic heterocycles. The number of nitrogens with zero attached hydrogens (tertiary/aromatic N) is 1. The third-order valence-corrected chi connectivity index (χ3v) is 6.75. The summed E-state index contributed by atoms with van der Waals surface area (Å²) in [6, 6.07) is 23.5. The summed E-state index contributed by atoms with van der Waals surface area (Å²) in [7, 11) is 2.17. The molecule has 1 aliphatic rings. The molecule has 0 aliphatic heterocycles. The van der Waals surface area contributed by atoms with Crippen LogP contribution in [0, 0.1) is 6.92 Å². The van der Waals surface area contributed by atoms with Crippen LogP contribution in [0.1, 0.15) is 46.3 Å². The second-order valence-electron chi connectivity index (χ2n) is 9.26. The van der Waals surface area contributed by atoms with Crippen LogP contribution in [-0.4, -0.2) is 48.9 Å². The van der Waals surface area contributed by atoms with Crippen LogP contribution in [0.3, 0.4) is 0 Å². The number of ether oxygens (including phenoxy) is 2. The molecular formula is C30H35NO4. The predicted molar refractivity (Wildman–Crippen MR) is 138 cm³/mol. The molecule has 0 fully saturated rings. The standard InChI is InChI=1S/C30H35NO4/c1-4-34-28(30(32)33)20-22-10-15-25(16-11-22)35-18-17-31(3)29-26-8-6-5-7-23(26)13-14-24-12-9-21(2)19-27(24)29/h5-12,15-16,19,28-29H,4,13-14,17-18,20H2,1-3H3,(H,32,33). The van der Waals surface area contributed by atoms with E-state index in [1.54, 1.807) is 6.92 Å². The molecule has 35 heavy (non-hydrogen) atoms. The van der Waals surface area contributed by atoms with Crippen molar-refractivity contribution in [2.24, 2.45) is 0 Å². The Kier molecular flexibility index (Phi) is 8.21. The van der Waals surface area contributed by atoms with Crippen LogP contribution in [0.4, 0.5) is 0 Å². The van der Waals surface area contributed by atoms with E-state index in [-0.39, 0.29) is 6.04 Å². The summed E-state index contributed by atoms with van der Waals surface area (Å²) in [5.41, 5.74) is 7.81. The van der Waals surface area contributed by atoms with E-state index in [0.717, 1.165) is 30.7 Å². The molecule has 3 aromatic carbocycles. The largest absolute Gasteiger partial charge is 0.492 e. The summed E-state index contributed by atoms with van der Waals surface area (Å²) in [5.74, 6) is -0.157. The third kappa shape index (κ3) is 6.11. The van der Waals surface area contributed by atoms with Crippen LogP contribution >= 0.6 is 0 Å². The second-order valence-corrected chi connectivity index (χ2v) is 9.26. The molecule has 2 unspecified atom stereocenters. The summed E-state index contributed by atoms with van der Waals surface area (Å²) in [5, 5.41) is 9.30. The van der Waals surface area contributed by atoms with Gasteiger partial charge in [0, 0.05) is 19.6 Å². The van der Waals surface area contributed by atoms with Crippen molar-refractivity contribution in [2.45, 2.75) is 45.3 Å². The molecule has 1 N–H and O–H groups in total. The Morgan fingerprint density at radius 2 is 1.74 bits per heavy atom. The minimum atomic E-state index is -0.938. The van der Waals surface area contributed by atoms with Crippen LogP contribution in [0.5, 0.6) is 5.75 Å². The second kappa shape index (κ2) is 11.5. The van der Waals surface area contributed by atoms with Gasteiger partial charge in [0.25, 0.3) is 0 Å². The minimum absolute atomic E-state index is 0.195. The van der Waals surface area contributed by atoms with Crippen molar-refractivity contribution in [1.82, 2.24) is 4.90 Å². The first-order valence-electron chi connectivity index (χ1n) is 12.4. The van der Waals surface area contributed by atoms with Gasteiger partial charge in [-0.2, -0.15) is 0 Å². The fourth-order valence-corrected chi connectivity index (χ4v) is 4.93. The van der Waals surface area contributed by atoms with E-state index in [0.29, 0.717) is 19.6 Å². The van der Waals surface area contributed by atoms with Crippen LogP contribution in [0.2, 0.25) is 0 Å². The summed E-state index contributed by atoms with van der Waals surface area (Å²) in [4.78, 5) is 13.7. The van der Waals surface area contributed by atoms with E-state index in [1.165, 1.54) is 27.8 Å². The minimum Gasteiger partial charge on any atom is -0.492 e. The van der Waals surface area contributed by atoms with Crippen molar-refractivity contribution in [3.63, 3.8) is 0 Å². The first-order valence-corrected chi connectivity index (χ1v) is 12.4. The molecule has 0 saturated heterocycles. The number of carbonyl (C=O) groups is 1. The van der Waals surface area contributed by atoms with Gasteiger partial charge in [0.2, 0.25) is 0 Å². The summed E-state index contributed by atoms with van der Waals surface area (Å²) in [6.45, 7) is 5.68. The van der Waals surface area contributed by atoms with E-state index < -0.39 is 12.1 Å². The van der Waals surface area contributed by atoms with E-state index >= 15 is 0 Å². The lowest BCUT2D eigenvalue weighted by molar-refractivity contribution is -0.149. The van der Waals surface area contributed by atoms with Gasteiger partial charge < -0.3 is 14.6 Å². The number of hydrogen-bond acceptors (Lipinski definition) is 4. The van der Waals surface area contributed by atoms with Crippen molar-refractivity contribution >= 4 is 5.97 Å². The van der Waals surface area contributed by atoms with Crippen LogP contribution < -0.4 is 4.74 Å². The quantitative estimate of drug-likeness (QED) is 0.437. The van der Waals surface area contributed by atoms with Gasteiger partial charge in [-0.05, 0) is 73.7 Å². The van der Waals surface area contributed by atoms with Gasteiger partial charge in [-0.15, -0.1) is 0 Å². The fourth-order valence-electron chi connectivity index (χ4n) is 4.93. The maximum absolute atomic E-state index is 11.3. The predicted octanol–water partition coefficient (Wildman–Crippen LogP) is 5.23. The number of likely N-dealkylation sites (N-methyl/N-ethyl adjacent to an activating group) is 1. The average molecular weight is 474 g/mol. The lowest BCUT2D eigenvalue weighted by Gasteiger charge is -2.30. The zero-order valence-electron chi connectivity index (χ0n) is 20.9. The number of carboxylic acids is 1. The van der Waals surface area contributed by atoms with Gasteiger partial charge in [-0.25, -0.2) is 4.79 Å². The van der Waals surface area contributed by atoms with Crippen molar-refractivity contribution in [3.05, 3.63) is 100 Å². The normalized spacial score (nSPS) is 15.7. The number of hydrogen-bond donors (Lipinski definition) is 1. The zero-order valence-corrected chi connectivity index (χ0v) is 20.9. The highest BCUT2D eigenvalue weighted by molar-refractivity contribution is 5.72. The van der Waals surface area contributed by atoms with Gasteiger partial charge in [-0.3, -0.25) is 4.90 Å². The SMILES string of the molecule is CCOC(Cc1ccc(OCCN(C)C2c3ccccc3CCc3ccc(C)cc32)cc1)C(=O)O. The Labute approximate surface area is 208 Å². The monoisotopic (exact) mass is 473 g/mol. The Bertz CT molecular complexity index is 1140. The molecule has 0 amide bonds. The van der Waals surface area contributed by atoms with Gasteiger partial charge in [-0.1, -0.05) is 60.2 Å². The number of rotatable bonds is 10. The molecule has 0 radical (unpaired) electrons. The van der Waals surface area contributed by atoms with Crippen LogP contribution in [0.25, 0.3) is 0 Å². The van der Waals surface area contributed by atoms with Crippen LogP contribution in [0.15, 0.2) is 66.7 Å². The Morgan fingerprint density at radius 1 is 1.03 bits per heavy atom. The van der Waals surface area contributed by atoms with Crippen molar-refractivity contribution in [1.29, 1.82) is 0 Å². The molecule has 1 aliphatic carbocycles. The highest BCUT2D eigenvalue weighted by atomic mass is 16.5. The van der Waals surface area contributed by atoms with Gasteiger partial charge >= 0.3 is 5.97 Å². The summed E-state index contributed by atoms with van der Waals surface area (Å²) < 4.78 is 11.4. The molecule has 5 heteroatoms. The number of carboxylic acid groups (broad SMARTS) is 1. The molecule has 0 spiro atoms. The number of fused-ring (bicyclic) bond motifs is 2. The van der Waals surface area contributed by atoms with Crippen LogP contribution in [-0.2, 0) is 28.8 Å². The first-order chi connectivity index (χ1) is 17.0. The summed E-state index contributed by atoms with van der Waals surface area (Å²) >= 11 is 0. The first kappa shape index (κ1) is 25.0. The third-order valence-electron chi connectivity index (χ3n) is 6.75. The van der Waals surface area contributed by atoms with E-state index in [9.17, 15) is 9.90 Å². The molecule has 4 rings (SSSR count). The van der Waals surface area contributed by atoms with Gasteiger partial charge in [0.15, 0.2) is 6.10 Å². The maximum Gasteiger partial charge on any atom is 0.333 e. The smallest absolute Gasteiger partial charge is 0.333 e. The van der Waals surface area contributed by atoms with E-state index in [1.807, 2.05) is 24.3 Å². The molecular weight excluding hydrogens is 438 g/mol. The number of aryl methyl sites for hydroxylation is 3. The Hall–Kier alpha value is -3.15. The van der Waals surface area contributed by atoms with Gasteiger partial charge in [0.05, 0.1) is 6.04 Å². The Balaban J connectivity index is 1.42. The molecule has 3 aromatic rings. The van der Waals surface area contributed by atoms with Crippen molar-refractivity contribution in [2.75, 3.05) is 26.8 Å². The van der Waals surface area contributed by atoms with Crippen molar-refractivity contribution < 1.29 is 19.4 Å². The topological polar surface area (TPSA) is 59.0 Å². The molecule has 184 valence electrons. The molecule has 0 saturated carbocycles. The lowest BCUT2D eigenvalue weighted by Crippen LogP contribution is -2.30. The maximum atomic E-state index is 11.3.